The second kappa shape index (κ2) is 8.80. The van der Waals surface area contributed by atoms with E-state index in [1.165, 1.54) is 12.8 Å². The van der Waals surface area contributed by atoms with Gasteiger partial charge < -0.3 is 4.90 Å². The Labute approximate surface area is 172 Å². The smallest absolute Gasteiger partial charge is 0.274 e. The molecule has 2 aromatic rings. The van der Waals surface area contributed by atoms with Gasteiger partial charge in [-0.25, -0.2) is 13.9 Å². The Morgan fingerprint density at radius 3 is 2.45 bits per heavy atom. The number of nitrogens with zero attached hydrogens (tertiary/aromatic N) is 4. The molecule has 2 fully saturated rings. The molecule has 0 bridgehead atoms. The number of likely N-dealkylation sites (tertiary alicyclic amines) is 1. The number of fused-ring (bicyclic) bond motifs is 1. The number of carbonyl (C=O) groups is 1. The molecule has 0 radical (unpaired) electrons. The van der Waals surface area contributed by atoms with E-state index in [0.717, 1.165) is 62.2 Å². The fourth-order valence-electron chi connectivity index (χ4n) is 4.73. The van der Waals surface area contributed by atoms with Crippen LogP contribution < -0.4 is 0 Å². The zero-order chi connectivity index (χ0) is 20.4. The second-order valence-electron chi connectivity index (χ2n) is 9.16. The molecule has 158 valence electrons. The fraction of sp³-hybridized carbons (Fsp3) is 0.696. The van der Waals surface area contributed by atoms with E-state index in [4.69, 9.17) is 4.98 Å². The molecule has 0 atom stereocenters. The molecule has 5 nitrogen and oxygen atoms in total. The molecular weight excluding hydrogens is 367 g/mol. The third-order valence-corrected chi connectivity index (χ3v) is 6.49. The monoisotopic (exact) mass is 400 g/mol. The maximum Gasteiger partial charge on any atom is 0.274 e. The Morgan fingerprint density at radius 1 is 1.10 bits per heavy atom. The third kappa shape index (κ3) is 4.62. The van der Waals surface area contributed by atoms with E-state index in [2.05, 4.69) is 25.0 Å². The summed E-state index contributed by atoms with van der Waals surface area (Å²) in [6, 6.07) is 3.98. The minimum absolute atomic E-state index is 0.0231. The van der Waals surface area contributed by atoms with Gasteiger partial charge in [-0.15, -0.1) is 0 Å². The fourth-order valence-corrected chi connectivity index (χ4v) is 4.73. The molecule has 1 aliphatic heterocycles. The molecule has 29 heavy (non-hydrogen) atoms. The molecule has 1 amide bonds. The van der Waals surface area contributed by atoms with Gasteiger partial charge in [-0.2, -0.15) is 5.10 Å². The van der Waals surface area contributed by atoms with Gasteiger partial charge in [-0.05, 0) is 62.8 Å². The van der Waals surface area contributed by atoms with Crippen molar-refractivity contribution in [3.05, 3.63) is 29.2 Å². The van der Waals surface area contributed by atoms with Gasteiger partial charge in [0, 0.05) is 30.5 Å². The maximum atomic E-state index is 13.5. The number of carbonyl (C=O) groups excluding carboxylic acids is 1. The van der Waals surface area contributed by atoms with Gasteiger partial charge in [-0.3, -0.25) is 4.79 Å². The molecule has 2 aromatic heterocycles. The third-order valence-electron chi connectivity index (χ3n) is 6.49. The Balaban J connectivity index is 1.60. The lowest BCUT2D eigenvalue weighted by atomic mass is 9.85. The zero-order valence-electron chi connectivity index (χ0n) is 17.7. The van der Waals surface area contributed by atoms with Crippen LogP contribution in [0.1, 0.15) is 93.0 Å². The molecule has 4 rings (SSSR count). The number of alkyl halides is 1. The second-order valence-corrected chi connectivity index (χ2v) is 9.16. The first-order chi connectivity index (χ1) is 14.0. The molecule has 3 heterocycles. The van der Waals surface area contributed by atoms with Crippen molar-refractivity contribution >= 4 is 11.6 Å². The summed E-state index contributed by atoms with van der Waals surface area (Å²) in [6.45, 7) is 5.93. The van der Waals surface area contributed by atoms with Gasteiger partial charge in [0.1, 0.15) is 6.17 Å². The summed E-state index contributed by atoms with van der Waals surface area (Å²) in [4.78, 5) is 19.8. The number of hydrogen-bond acceptors (Lipinski definition) is 3. The van der Waals surface area contributed by atoms with E-state index < -0.39 is 6.17 Å². The highest BCUT2D eigenvalue weighted by atomic mass is 19.1. The number of hydrogen-bond donors (Lipinski definition) is 0. The van der Waals surface area contributed by atoms with Crippen LogP contribution in [-0.2, 0) is 6.42 Å². The highest BCUT2D eigenvalue weighted by Crippen LogP contribution is 2.29. The molecule has 0 unspecified atom stereocenters. The van der Waals surface area contributed by atoms with E-state index in [1.54, 1.807) is 0 Å². The first kappa shape index (κ1) is 20.3. The number of amides is 1. The summed E-state index contributed by atoms with van der Waals surface area (Å²) >= 11 is 0. The Hall–Kier alpha value is -1.98. The van der Waals surface area contributed by atoms with Crippen LogP contribution in [0.15, 0.2) is 12.1 Å². The minimum Gasteiger partial charge on any atom is -0.337 e. The lowest BCUT2D eigenvalue weighted by molar-refractivity contribution is 0.0755. The van der Waals surface area contributed by atoms with Crippen molar-refractivity contribution in [1.29, 1.82) is 0 Å². The van der Waals surface area contributed by atoms with Crippen molar-refractivity contribution in [3.8, 4) is 0 Å². The van der Waals surface area contributed by atoms with E-state index in [9.17, 15) is 9.18 Å². The van der Waals surface area contributed by atoms with Gasteiger partial charge in [0.25, 0.3) is 5.91 Å². The van der Waals surface area contributed by atoms with Crippen molar-refractivity contribution in [2.75, 3.05) is 13.1 Å². The van der Waals surface area contributed by atoms with Crippen LogP contribution in [-0.4, -0.2) is 44.7 Å². The SMILES string of the molecule is CC(C)c1cc(CC2CCC(F)CC2)nc2cc(C(=O)N3CCCCCC3)nn12. The Morgan fingerprint density at radius 2 is 1.79 bits per heavy atom. The van der Waals surface area contributed by atoms with Crippen LogP contribution in [0, 0.1) is 5.92 Å². The summed E-state index contributed by atoms with van der Waals surface area (Å²) in [5.41, 5.74) is 3.37. The van der Waals surface area contributed by atoms with Crippen LogP contribution in [0.4, 0.5) is 4.39 Å². The van der Waals surface area contributed by atoms with E-state index in [1.807, 2.05) is 15.5 Å². The van der Waals surface area contributed by atoms with Crippen LogP contribution in [0.5, 0.6) is 0 Å². The molecule has 1 saturated carbocycles. The predicted molar refractivity (Wildman–Crippen MR) is 112 cm³/mol. The topological polar surface area (TPSA) is 50.5 Å². The lowest BCUT2D eigenvalue weighted by Gasteiger charge is -2.24. The summed E-state index contributed by atoms with van der Waals surface area (Å²) < 4.78 is 15.3. The summed E-state index contributed by atoms with van der Waals surface area (Å²) in [7, 11) is 0. The first-order valence-corrected chi connectivity index (χ1v) is 11.3. The minimum atomic E-state index is -0.629. The molecular formula is C23H33FN4O. The van der Waals surface area contributed by atoms with Crippen molar-refractivity contribution < 1.29 is 9.18 Å². The summed E-state index contributed by atoms with van der Waals surface area (Å²) in [6.07, 6.45) is 7.99. The van der Waals surface area contributed by atoms with Crippen LogP contribution in [0.2, 0.25) is 0 Å². The van der Waals surface area contributed by atoms with E-state index in [-0.39, 0.29) is 11.8 Å². The predicted octanol–water partition coefficient (Wildman–Crippen LogP) is 4.94. The first-order valence-electron chi connectivity index (χ1n) is 11.3. The largest absolute Gasteiger partial charge is 0.337 e. The summed E-state index contributed by atoms with van der Waals surface area (Å²) in [5.74, 6) is 0.801. The average Bonchev–Trinajstić information content (AvgIpc) is 2.94. The van der Waals surface area contributed by atoms with Crippen LogP contribution in [0.3, 0.4) is 0 Å². The van der Waals surface area contributed by atoms with Crippen molar-refractivity contribution in [1.82, 2.24) is 19.5 Å². The van der Waals surface area contributed by atoms with Gasteiger partial charge in [0.15, 0.2) is 11.3 Å². The molecule has 1 saturated heterocycles. The number of aromatic nitrogens is 3. The Kier molecular flexibility index (Phi) is 6.16. The highest BCUT2D eigenvalue weighted by Gasteiger charge is 2.24. The van der Waals surface area contributed by atoms with Crippen molar-refractivity contribution in [3.63, 3.8) is 0 Å². The van der Waals surface area contributed by atoms with Gasteiger partial charge in [-0.1, -0.05) is 26.7 Å². The molecule has 6 heteroatoms. The lowest BCUT2D eigenvalue weighted by Crippen LogP contribution is -2.32. The number of rotatable bonds is 4. The van der Waals surface area contributed by atoms with Gasteiger partial charge in [0.2, 0.25) is 0 Å². The zero-order valence-corrected chi connectivity index (χ0v) is 17.7. The van der Waals surface area contributed by atoms with Crippen molar-refractivity contribution in [2.24, 2.45) is 5.92 Å². The van der Waals surface area contributed by atoms with Gasteiger partial charge in [0.05, 0.1) is 0 Å². The number of halogens is 1. The van der Waals surface area contributed by atoms with Crippen LogP contribution >= 0.6 is 0 Å². The quantitative estimate of drug-likeness (QED) is 0.730. The summed E-state index contributed by atoms with van der Waals surface area (Å²) in [5, 5.41) is 4.65. The normalized spacial score (nSPS) is 23.5. The molecule has 1 aliphatic carbocycles. The van der Waals surface area contributed by atoms with Crippen LogP contribution in [0.25, 0.3) is 5.65 Å². The van der Waals surface area contributed by atoms with E-state index in [0.29, 0.717) is 24.5 Å². The maximum absolute atomic E-state index is 13.5. The standard InChI is InChI=1S/C23H33FN4O/c1-16(2)21-14-19(13-17-7-9-18(24)10-8-17)25-22-15-20(26-28(21)22)23(29)27-11-5-3-4-6-12-27/h14-18H,3-13H2,1-2H3. The average molecular weight is 401 g/mol. The van der Waals surface area contributed by atoms with E-state index >= 15 is 0 Å². The molecule has 0 N–H and O–H groups in total. The molecule has 0 spiro atoms. The molecule has 2 aliphatic rings. The van der Waals surface area contributed by atoms with Crippen molar-refractivity contribution in [2.45, 2.75) is 83.7 Å². The Bertz CT molecular complexity index is 846. The highest BCUT2D eigenvalue weighted by molar-refractivity contribution is 5.93. The molecule has 0 aromatic carbocycles. The van der Waals surface area contributed by atoms with Gasteiger partial charge >= 0.3 is 0 Å².